The summed E-state index contributed by atoms with van der Waals surface area (Å²) in [5, 5.41) is 17.5. The van der Waals surface area contributed by atoms with Gasteiger partial charge < -0.3 is 4.90 Å². The monoisotopic (exact) mass is 233 g/mol. The van der Waals surface area contributed by atoms with Crippen molar-refractivity contribution in [1.82, 2.24) is 0 Å². The fourth-order valence-electron chi connectivity index (χ4n) is 1.92. The number of nitrogens with zero attached hydrogens (tertiary/aromatic N) is 2. The number of amidine groups is 1. The number of anilines is 1. The van der Waals surface area contributed by atoms with E-state index in [4.69, 9.17) is 22.3 Å². The molecule has 3 nitrogen and oxygen atoms in total. The molecular formula is C12H12ClN3. The fraction of sp³-hybridized carbons (Fsp3) is 0.333. The zero-order valence-corrected chi connectivity index (χ0v) is 9.59. The third-order valence-corrected chi connectivity index (χ3v) is 2.98. The van der Waals surface area contributed by atoms with Gasteiger partial charge in [-0.3, -0.25) is 5.41 Å². The number of hydrogen-bond acceptors (Lipinski definition) is 2. The average Bonchev–Trinajstić information content (AvgIpc) is 2.29. The Hall–Kier alpha value is -1.53. The SMILES string of the molecule is N#Cc1ccc(Cl)cc1N1CCCCC1=N. The molecule has 4 heteroatoms. The Morgan fingerprint density at radius 2 is 2.19 bits per heavy atom. The van der Waals surface area contributed by atoms with E-state index in [2.05, 4.69) is 6.07 Å². The van der Waals surface area contributed by atoms with E-state index in [1.165, 1.54) is 0 Å². The Morgan fingerprint density at radius 3 is 2.88 bits per heavy atom. The average molecular weight is 234 g/mol. The Kier molecular flexibility index (Phi) is 3.12. The Balaban J connectivity index is 2.42. The van der Waals surface area contributed by atoms with Gasteiger partial charge in [-0.25, -0.2) is 0 Å². The second-order valence-electron chi connectivity index (χ2n) is 3.83. The lowest BCUT2D eigenvalue weighted by Gasteiger charge is -2.30. The molecule has 1 N–H and O–H groups in total. The van der Waals surface area contributed by atoms with Gasteiger partial charge in [-0.1, -0.05) is 11.6 Å². The van der Waals surface area contributed by atoms with Crippen LogP contribution in [0.4, 0.5) is 5.69 Å². The van der Waals surface area contributed by atoms with E-state index in [9.17, 15) is 0 Å². The highest BCUT2D eigenvalue weighted by Gasteiger charge is 2.19. The Morgan fingerprint density at radius 1 is 1.38 bits per heavy atom. The number of benzene rings is 1. The smallest absolute Gasteiger partial charge is 0.101 e. The van der Waals surface area contributed by atoms with Crippen LogP contribution in [0.3, 0.4) is 0 Å². The van der Waals surface area contributed by atoms with Gasteiger partial charge >= 0.3 is 0 Å². The zero-order chi connectivity index (χ0) is 11.5. The minimum absolute atomic E-state index is 0.574. The topological polar surface area (TPSA) is 50.9 Å². The largest absolute Gasteiger partial charge is 0.329 e. The summed E-state index contributed by atoms with van der Waals surface area (Å²) in [6.45, 7) is 0.799. The highest BCUT2D eigenvalue weighted by molar-refractivity contribution is 6.31. The number of rotatable bonds is 1. The standard InChI is InChI=1S/C12H12ClN3/c13-10-5-4-9(8-14)11(7-10)16-6-2-1-3-12(16)15/h4-5,7,15H,1-3,6H2. The van der Waals surface area contributed by atoms with Crippen LogP contribution < -0.4 is 4.90 Å². The molecule has 1 aromatic carbocycles. The molecule has 1 aliphatic heterocycles. The molecular weight excluding hydrogens is 222 g/mol. The third kappa shape index (κ3) is 2.02. The van der Waals surface area contributed by atoms with Crippen molar-refractivity contribution in [2.45, 2.75) is 19.3 Å². The van der Waals surface area contributed by atoms with Crippen LogP contribution >= 0.6 is 11.6 Å². The molecule has 1 aliphatic rings. The molecule has 0 aliphatic carbocycles. The fourth-order valence-corrected chi connectivity index (χ4v) is 2.09. The van der Waals surface area contributed by atoms with Crippen LogP contribution in [-0.2, 0) is 0 Å². The van der Waals surface area contributed by atoms with Crippen molar-refractivity contribution in [3.8, 4) is 6.07 Å². The van der Waals surface area contributed by atoms with Gasteiger partial charge in [0, 0.05) is 18.0 Å². The van der Waals surface area contributed by atoms with E-state index in [-0.39, 0.29) is 0 Å². The van der Waals surface area contributed by atoms with Crippen molar-refractivity contribution in [1.29, 1.82) is 10.7 Å². The molecule has 1 heterocycles. The van der Waals surface area contributed by atoms with Gasteiger partial charge in [0.15, 0.2) is 0 Å². The summed E-state index contributed by atoms with van der Waals surface area (Å²) in [4.78, 5) is 1.88. The second kappa shape index (κ2) is 4.54. The van der Waals surface area contributed by atoms with Gasteiger partial charge in [-0.2, -0.15) is 5.26 Å². The minimum Gasteiger partial charge on any atom is -0.329 e. The van der Waals surface area contributed by atoms with Gasteiger partial charge in [0.2, 0.25) is 0 Å². The lowest BCUT2D eigenvalue weighted by atomic mass is 10.1. The van der Waals surface area contributed by atoms with Crippen LogP contribution in [0.5, 0.6) is 0 Å². The number of nitrogens with one attached hydrogen (secondary N) is 1. The molecule has 0 radical (unpaired) electrons. The van der Waals surface area contributed by atoms with Crippen molar-refractivity contribution >= 4 is 23.1 Å². The predicted octanol–water partition coefficient (Wildman–Crippen LogP) is 3.18. The Bertz CT molecular complexity index is 462. The normalized spacial score (nSPS) is 16.0. The van der Waals surface area contributed by atoms with Gasteiger partial charge in [0.25, 0.3) is 0 Å². The molecule has 1 saturated heterocycles. The molecule has 16 heavy (non-hydrogen) atoms. The summed E-state index contributed by atoms with van der Waals surface area (Å²) in [6.07, 6.45) is 2.88. The molecule has 0 aromatic heterocycles. The lowest BCUT2D eigenvalue weighted by Crippen LogP contribution is -2.35. The van der Waals surface area contributed by atoms with Crippen LogP contribution in [0, 0.1) is 16.7 Å². The first-order chi connectivity index (χ1) is 7.72. The summed E-state index contributed by atoms with van der Waals surface area (Å²) in [5.41, 5.74) is 1.34. The highest BCUT2D eigenvalue weighted by Crippen LogP contribution is 2.27. The number of halogens is 1. The quantitative estimate of drug-likeness (QED) is 0.810. The number of piperidine rings is 1. The van der Waals surface area contributed by atoms with Crippen LogP contribution in [0.2, 0.25) is 5.02 Å². The molecule has 0 atom stereocenters. The molecule has 0 spiro atoms. The number of nitriles is 1. The van der Waals surface area contributed by atoms with Crippen LogP contribution in [0.1, 0.15) is 24.8 Å². The van der Waals surface area contributed by atoms with E-state index in [0.717, 1.165) is 31.5 Å². The third-order valence-electron chi connectivity index (χ3n) is 2.74. The van der Waals surface area contributed by atoms with Gasteiger partial charge in [-0.15, -0.1) is 0 Å². The second-order valence-corrected chi connectivity index (χ2v) is 4.27. The molecule has 2 rings (SSSR count). The molecule has 0 saturated carbocycles. The molecule has 82 valence electrons. The van der Waals surface area contributed by atoms with E-state index in [0.29, 0.717) is 16.4 Å². The van der Waals surface area contributed by atoms with Crippen LogP contribution in [0.15, 0.2) is 18.2 Å². The van der Waals surface area contributed by atoms with Crippen molar-refractivity contribution in [2.24, 2.45) is 0 Å². The van der Waals surface area contributed by atoms with E-state index >= 15 is 0 Å². The lowest BCUT2D eigenvalue weighted by molar-refractivity contribution is 0.707. The van der Waals surface area contributed by atoms with E-state index in [1.807, 2.05) is 4.90 Å². The van der Waals surface area contributed by atoms with Gasteiger partial charge in [-0.05, 0) is 31.0 Å². The highest BCUT2D eigenvalue weighted by atomic mass is 35.5. The first-order valence-corrected chi connectivity index (χ1v) is 5.65. The maximum absolute atomic E-state index is 9.04. The van der Waals surface area contributed by atoms with Gasteiger partial charge in [0.05, 0.1) is 11.3 Å². The van der Waals surface area contributed by atoms with E-state index < -0.39 is 0 Å². The summed E-state index contributed by atoms with van der Waals surface area (Å²) in [5.74, 6) is 0.574. The zero-order valence-electron chi connectivity index (χ0n) is 8.83. The van der Waals surface area contributed by atoms with Crippen LogP contribution in [0.25, 0.3) is 0 Å². The predicted molar refractivity (Wildman–Crippen MR) is 65.1 cm³/mol. The van der Waals surface area contributed by atoms with Gasteiger partial charge in [0.1, 0.15) is 11.9 Å². The minimum atomic E-state index is 0.574. The summed E-state index contributed by atoms with van der Waals surface area (Å²) in [6, 6.07) is 7.32. The number of hydrogen-bond donors (Lipinski definition) is 1. The molecule has 0 amide bonds. The molecule has 0 unspecified atom stereocenters. The van der Waals surface area contributed by atoms with Crippen molar-refractivity contribution in [3.05, 3.63) is 28.8 Å². The molecule has 1 fully saturated rings. The maximum Gasteiger partial charge on any atom is 0.101 e. The summed E-state index contributed by atoms with van der Waals surface area (Å²) in [7, 11) is 0. The first-order valence-electron chi connectivity index (χ1n) is 5.27. The van der Waals surface area contributed by atoms with Crippen molar-refractivity contribution in [3.63, 3.8) is 0 Å². The molecule has 1 aromatic rings. The van der Waals surface area contributed by atoms with Crippen LogP contribution in [-0.4, -0.2) is 12.4 Å². The van der Waals surface area contributed by atoms with E-state index in [1.54, 1.807) is 18.2 Å². The Labute approximate surface area is 99.8 Å². The van der Waals surface area contributed by atoms with Crippen molar-refractivity contribution in [2.75, 3.05) is 11.4 Å². The maximum atomic E-state index is 9.04. The summed E-state index contributed by atoms with van der Waals surface area (Å²) < 4.78 is 0. The molecule has 0 bridgehead atoms. The summed E-state index contributed by atoms with van der Waals surface area (Å²) >= 11 is 5.93. The first kappa shape index (κ1) is 11.0. The van der Waals surface area contributed by atoms with Crippen molar-refractivity contribution < 1.29 is 0 Å².